The molecule has 1 unspecified atom stereocenters. The van der Waals surface area contributed by atoms with E-state index in [1.165, 1.54) is 31.8 Å². The topological polar surface area (TPSA) is 0 Å². The second kappa shape index (κ2) is 9.00. The predicted octanol–water partition coefficient (Wildman–Crippen LogP) is 7.29. The molecule has 0 saturated carbocycles. The van der Waals surface area contributed by atoms with Crippen LogP contribution in [0.3, 0.4) is 0 Å². The molecule has 0 heterocycles. The molecule has 0 fully saturated rings. The van der Waals surface area contributed by atoms with Gasteiger partial charge in [0.1, 0.15) is 6.60 Å². The molecule has 0 amide bonds. The molecular formula is C21H45B2. The average molecular weight is 319 g/mol. The van der Waals surface area contributed by atoms with Gasteiger partial charge in [-0.3, -0.25) is 0 Å². The van der Waals surface area contributed by atoms with Crippen LogP contribution in [-0.2, 0) is 0 Å². The van der Waals surface area contributed by atoms with Crippen LogP contribution >= 0.6 is 0 Å². The lowest BCUT2D eigenvalue weighted by atomic mass is 9.16. The fourth-order valence-corrected chi connectivity index (χ4v) is 4.29. The lowest BCUT2D eigenvalue weighted by molar-refractivity contribution is 0.233. The van der Waals surface area contributed by atoms with E-state index in [2.05, 4.69) is 83.3 Å². The Hall–Kier alpha value is 0.130. The molecule has 0 spiro atoms. The molecule has 0 aliphatic heterocycles. The molecule has 0 bridgehead atoms. The standard InChI is InChI=1S/C21H45B2/c1-12-23(16-20(8,9)13-18(4)17(2)3)22-15-21(10,11)14-19(5,6)7/h17-18H,12-16H2,1-11H3. The normalized spacial score (nSPS) is 15.0. The van der Waals surface area contributed by atoms with Crippen LogP contribution in [-0.4, -0.2) is 13.8 Å². The highest BCUT2D eigenvalue weighted by molar-refractivity contribution is 7.12. The van der Waals surface area contributed by atoms with Gasteiger partial charge in [0, 0.05) is 0 Å². The van der Waals surface area contributed by atoms with Crippen LogP contribution in [0.5, 0.6) is 0 Å². The second-order valence-electron chi connectivity index (χ2n) is 11.3. The Balaban J connectivity index is 4.55. The lowest BCUT2D eigenvalue weighted by Crippen LogP contribution is -2.33. The van der Waals surface area contributed by atoms with E-state index < -0.39 is 0 Å². The van der Waals surface area contributed by atoms with Gasteiger partial charge in [-0.1, -0.05) is 95.1 Å². The van der Waals surface area contributed by atoms with Crippen LogP contribution in [0.1, 0.15) is 89.0 Å². The van der Waals surface area contributed by atoms with Crippen LogP contribution < -0.4 is 0 Å². The highest BCUT2D eigenvalue weighted by Gasteiger charge is 2.30. The van der Waals surface area contributed by atoms with Crippen LogP contribution in [0.25, 0.3) is 0 Å². The minimum Gasteiger partial charge on any atom is -0.0838 e. The summed E-state index contributed by atoms with van der Waals surface area (Å²) in [5, 5.41) is 0. The van der Waals surface area contributed by atoms with Gasteiger partial charge in [-0.25, -0.2) is 0 Å². The quantitative estimate of drug-likeness (QED) is 0.371. The zero-order valence-electron chi connectivity index (χ0n) is 18.3. The van der Waals surface area contributed by atoms with Gasteiger partial charge in [0.15, 0.2) is 0 Å². The van der Waals surface area contributed by atoms with Crippen molar-refractivity contribution >= 4 is 13.8 Å². The van der Waals surface area contributed by atoms with Crippen molar-refractivity contribution in [3.8, 4) is 0 Å². The van der Waals surface area contributed by atoms with Gasteiger partial charge >= 0.3 is 0 Å². The van der Waals surface area contributed by atoms with E-state index in [1.54, 1.807) is 0 Å². The molecule has 23 heavy (non-hydrogen) atoms. The molecule has 1 radical (unpaired) electrons. The molecule has 0 nitrogen and oxygen atoms in total. The first-order valence-electron chi connectivity index (χ1n) is 10.0. The monoisotopic (exact) mass is 319 g/mol. The lowest BCUT2D eigenvalue weighted by Gasteiger charge is -2.35. The average Bonchev–Trinajstić information content (AvgIpc) is 2.30. The van der Waals surface area contributed by atoms with Crippen molar-refractivity contribution in [3.05, 3.63) is 0 Å². The Kier molecular flexibility index (Phi) is 9.05. The largest absolute Gasteiger partial charge is 0.101 e. The van der Waals surface area contributed by atoms with Crippen molar-refractivity contribution in [2.75, 3.05) is 0 Å². The van der Waals surface area contributed by atoms with E-state index in [0.29, 0.717) is 16.2 Å². The molecule has 0 aliphatic carbocycles. The smallest absolute Gasteiger partial charge is 0.0838 e. The summed E-state index contributed by atoms with van der Waals surface area (Å²) in [6, 6.07) is 0. The van der Waals surface area contributed by atoms with Crippen molar-refractivity contribution in [1.29, 1.82) is 0 Å². The first-order valence-corrected chi connectivity index (χ1v) is 10.0. The van der Waals surface area contributed by atoms with Crippen molar-refractivity contribution in [1.82, 2.24) is 0 Å². The fraction of sp³-hybridized carbons (Fsp3) is 1.00. The van der Waals surface area contributed by atoms with E-state index in [9.17, 15) is 0 Å². The Morgan fingerprint density at radius 2 is 1.39 bits per heavy atom. The first kappa shape index (κ1) is 23.1. The summed E-state index contributed by atoms with van der Waals surface area (Å²) in [5.74, 6) is 1.61. The van der Waals surface area contributed by atoms with Crippen molar-refractivity contribution in [2.24, 2.45) is 28.1 Å². The molecule has 1 atom stereocenters. The summed E-state index contributed by atoms with van der Waals surface area (Å²) in [7, 11) is 2.65. The first-order chi connectivity index (χ1) is 10.2. The summed E-state index contributed by atoms with van der Waals surface area (Å²) in [6.07, 6.45) is 6.51. The zero-order chi connectivity index (χ0) is 18.5. The highest BCUT2D eigenvalue weighted by Crippen LogP contribution is 2.38. The molecular weight excluding hydrogens is 274 g/mol. The van der Waals surface area contributed by atoms with Crippen LogP contribution in [0.4, 0.5) is 0 Å². The summed E-state index contributed by atoms with van der Waals surface area (Å²) in [5.41, 5.74) is 1.29. The number of rotatable bonds is 10. The highest BCUT2D eigenvalue weighted by atomic mass is 14.3. The molecule has 0 aliphatic rings. The van der Waals surface area contributed by atoms with E-state index in [-0.39, 0.29) is 0 Å². The van der Waals surface area contributed by atoms with Gasteiger partial charge in [-0.2, -0.15) is 0 Å². The molecule has 0 saturated heterocycles. The van der Waals surface area contributed by atoms with Gasteiger partial charge in [0.05, 0.1) is 7.17 Å². The molecule has 0 aromatic carbocycles. The Labute approximate surface area is 150 Å². The Bertz CT molecular complexity index is 323. The summed E-state index contributed by atoms with van der Waals surface area (Å²) in [6.45, 7) is 27.2. The predicted molar refractivity (Wildman–Crippen MR) is 112 cm³/mol. The van der Waals surface area contributed by atoms with Gasteiger partial charge < -0.3 is 0 Å². The molecule has 2 heteroatoms. The Morgan fingerprint density at radius 1 is 0.870 bits per heavy atom. The van der Waals surface area contributed by atoms with E-state index in [1.807, 2.05) is 0 Å². The molecule has 0 aromatic rings. The third kappa shape index (κ3) is 11.3. The van der Waals surface area contributed by atoms with Gasteiger partial charge in [-0.15, -0.1) is 0 Å². The molecule has 135 valence electrons. The van der Waals surface area contributed by atoms with E-state index >= 15 is 0 Å². The van der Waals surface area contributed by atoms with Crippen LogP contribution in [0, 0.1) is 28.1 Å². The molecule has 0 aromatic heterocycles. The maximum absolute atomic E-state index is 2.65. The van der Waals surface area contributed by atoms with Gasteiger partial charge in [0.2, 0.25) is 0 Å². The third-order valence-electron chi connectivity index (χ3n) is 5.36. The maximum Gasteiger partial charge on any atom is 0.101 e. The van der Waals surface area contributed by atoms with Gasteiger partial charge in [-0.05, 0) is 40.9 Å². The van der Waals surface area contributed by atoms with Crippen LogP contribution in [0.2, 0.25) is 19.0 Å². The van der Waals surface area contributed by atoms with Crippen molar-refractivity contribution in [3.63, 3.8) is 0 Å². The fourth-order valence-electron chi connectivity index (χ4n) is 4.29. The minimum atomic E-state index is 0.418. The van der Waals surface area contributed by atoms with Gasteiger partial charge in [0.25, 0.3) is 0 Å². The summed E-state index contributed by atoms with van der Waals surface area (Å²) >= 11 is 0. The number of hydrogen-bond donors (Lipinski definition) is 0. The SMILES string of the molecule is CCB([B]CC(C)(C)CC(C)(C)C)CC(C)(C)CC(C)C(C)C. The number of hydrogen-bond acceptors (Lipinski definition) is 0. The van der Waals surface area contributed by atoms with Crippen molar-refractivity contribution in [2.45, 2.75) is 108 Å². The third-order valence-corrected chi connectivity index (χ3v) is 5.36. The maximum atomic E-state index is 2.65. The second-order valence-corrected chi connectivity index (χ2v) is 11.3. The van der Waals surface area contributed by atoms with E-state index in [0.717, 1.165) is 18.4 Å². The van der Waals surface area contributed by atoms with Crippen molar-refractivity contribution < 1.29 is 0 Å². The molecule has 0 rings (SSSR count). The zero-order valence-corrected chi connectivity index (χ0v) is 18.3. The summed E-state index contributed by atoms with van der Waals surface area (Å²) < 4.78 is 0. The van der Waals surface area contributed by atoms with E-state index in [4.69, 9.17) is 0 Å². The van der Waals surface area contributed by atoms with Crippen LogP contribution in [0.15, 0.2) is 0 Å². The summed E-state index contributed by atoms with van der Waals surface area (Å²) in [4.78, 5) is 0. The molecule has 0 N–H and O–H groups in total. The minimum absolute atomic E-state index is 0.418. The Morgan fingerprint density at radius 3 is 1.78 bits per heavy atom.